The first kappa shape index (κ1) is 6.24. The molecule has 0 unspecified atom stereocenters. The zero-order valence-electron chi connectivity index (χ0n) is 5.09. The second-order valence-corrected chi connectivity index (χ2v) is 2.53. The molecule has 1 aromatic rings. The van der Waals surface area contributed by atoms with Crippen LogP contribution >= 0.6 is 11.5 Å². The number of aryl methyl sites for hydroxylation is 1. The van der Waals surface area contributed by atoms with E-state index in [1.165, 1.54) is 16.4 Å². The van der Waals surface area contributed by atoms with Gasteiger partial charge in [0.2, 0.25) is 0 Å². The molecule has 46 valence electrons. The van der Waals surface area contributed by atoms with E-state index in [0.29, 0.717) is 5.69 Å². The lowest BCUT2D eigenvalue weighted by Crippen LogP contribution is -1.67. The molecule has 0 bridgehead atoms. The minimum absolute atomic E-state index is 0.539. The Morgan fingerprint density at radius 2 is 2.67 bits per heavy atom. The summed E-state index contributed by atoms with van der Waals surface area (Å²) in [6.45, 7) is 2.05. The molecule has 0 fully saturated rings. The molecule has 0 spiro atoms. The van der Waals surface area contributed by atoms with Crippen LogP contribution in [0.1, 0.15) is 17.5 Å². The normalized spacial score (nSPS) is 8.89. The Morgan fingerprint density at radius 1 is 1.89 bits per heavy atom. The molecule has 2 nitrogen and oxygen atoms in total. The Kier molecular flexibility index (Phi) is 1.81. The van der Waals surface area contributed by atoms with E-state index in [2.05, 4.69) is 11.3 Å². The van der Waals surface area contributed by atoms with Gasteiger partial charge in [0.1, 0.15) is 6.07 Å². The summed E-state index contributed by atoms with van der Waals surface area (Å²) in [5, 5.41) is 8.34. The molecule has 9 heavy (non-hydrogen) atoms. The third-order valence-electron chi connectivity index (χ3n) is 1.02. The third kappa shape index (κ3) is 1.27. The van der Waals surface area contributed by atoms with Gasteiger partial charge in [-0.05, 0) is 24.0 Å². The summed E-state index contributed by atoms with van der Waals surface area (Å²) in [7, 11) is 0. The highest BCUT2D eigenvalue weighted by atomic mass is 32.1. The van der Waals surface area contributed by atoms with Crippen LogP contribution < -0.4 is 0 Å². The van der Waals surface area contributed by atoms with E-state index in [1.54, 1.807) is 0 Å². The average Bonchev–Trinajstić information content (AvgIpc) is 2.34. The van der Waals surface area contributed by atoms with Gasteiger partial charge in [0.25, 0.3) is 0 Å². The molecule has 0 N–H and O–H groups in total. The highest BCUT2D eigenvalue weighted by Gasteiger charge is 1.95. The summed E-state index contributed by atoms with van der Waals surface area (Å²) < 4.78 is 3.89. The van der Waals surface area contributed by atoms with Crippen molar-refractivity contribution in [2.45, 2.75) is 13.3 Å². The molecule has 1 aromatic heterocycles. The summed E-state index contributed by atoms with van der Waals surface area (Å²) in [4.78, 5) is 1.17. The minimum atomic E-state index is 0.539. The Labute approximate surface area is 57.9 Å². The quantitative estimate of drug-likeness (QED) is 0.590. The van der Waals surface area contributed by atoms with E-state index in [4.69, 9.17) is 5.26 Å². The number of nitriles is 1. The lowest BCUT2D eigenvalue weighted by molar-refractivity contribution is 1.18. The van der Waals surface area contributed by atoms with Gasteiger partial charge >= 0.3 is 0 Å². The monoisotopic (exact) mass is 138 g/mol. The summed E-state index contributed by atoms with van der Waals surface area (Å²) in [5.74, 6) is 0. The topological polar surface area (TPSA) is 36.7 Å². The van der Waals surface area contributed by atoms with Crippen LogP contribution in [0.4, 0.5) is 0 Å². The van der Waals surface area contributed by atoms with E-state index in [0.717, 1.165) is 6.42 Å². The lowest BCUT2D eigenvalue weighted by Gasteiger charge is -1.76. The summed E-state index contributed by atoms with van der Waals surface area (Å²) in [6, 6.07) is 3.81. The molecule has 0 radical (unpaired) electrons. The molecule has 0 saturated carbocycles. The van der Waals surface area contributed by atoms with Crippen LogP contribution in [0.3, 0.4) is 0 Å². The number of aromatic nitrogens is 1. The van der Waals surface area contributed by atoms with Crippen molar-refractivity contribution in [3.05, 3.63) is 16.6 Å². The van der Waals surface area contributed by atoms with Gasteiger partial charge in [0.15, 0.2) is 5.69 Å². The van der Waals surface area contributed by atoms with Gasteiger partial charge in [-0.15, -0.1) is 0 Å². The average molecular weight is 138 g/mol. The maximum atomic E-state index is 8.34. The van der Waals surface area contributed by atoms with E-state index >= 15 is 0 Å². The number of hydrogen-bond acceptors (Lipinski definition) is 3. The lowest BCUT2D eigenvalue weighted by atomic mass is 10.3. The van der Waals surface area contributed by atoms with Crippen LogP contribution in [0.5, 0.6) is 0 Å². The molecule has 1 rings (SSSR count). The molecule has 0 aliphatic heterocycles. The van der Waals surface area contributed by atoms with Gasteiger partial charge in [-0.3, -0.25) is 0 Å². The second kappa shape index (κ2) is 2.60. The zero-order valence-corrected chi connectivity index (χ0v) is 5.90. The zero-order chi connectivity index (χ0) is 6.69. The van der Waals surface area contributed by atoms with Crippen LogP contribution in [0.15, 0.2) is 6.07 Å². The Hall–Kier alpha value is -0.880. The molecule has 0 aromatic carbocycles. The highest BCUT2D eigenvalue weighted by Crippen LogP contribution is 2.08. The molecular formula is C6H6N2S. The summed E-state index contributed by atoms with van der Waals surface area (Å²) >= 11 is 1.40. The fraction of sp³-hybridized carbons (Fsp3) is 0.333. The third-order valence-corrected chi connectivity index (χ3v) is 1.95. The van der Waals surface area contributed by atoms with Crippen molar-refractivity contribution < 1.29 is 0 Å². The number of nitrogens with zero attached hydrogens (tertiary/aromatic N) is 2. The van der Waals surface area contributed by atoms with Crippen molar-refractivity contribution in [2.75, 3.05) is 0 Å². The van der Waals surface area contributed by atoms with Crippen LogP contribution in [-0.4, -0.2) is 4.37 Å². The van der Waals surface area contributed by atoms with Crippen molar-refractivity contribution >= 4 is 11.5 Å². The van der Waals surface area contributed by atoms with Crippen molar-refractivity contribution in [2.24, 2.45) is 0 Å². The van der Waals surface area contributed by atoms with Crippen LogP contribution in [-0.2, 0) is 6.42 Å². The van der Waals surface area contributed by atoms with Gasteiger partial charge in [-0.25, -0.2) is 0 Å². The van der Waals surface area contributed by atoms with Crippen LogP contribution in [0.25, 0.3) is 0 Å². The standard InChI is InChI=1S/C6H6N2S/c1-2-6-3-5(4-7)8-9-6/h3H,2H2,1H3. The maximum absolute atomic E-state index is 8.34. The van der Waals surface area contributed by atoms with Crippen LogP contribution in [0.2, 0.25) is 0 Å². The Balaban J connectivity index is 2.90. The fourth-order valence-electron chi connectivity index (χ4n) is 0.532. The van der Waals surface area contributed by atoms with Crippen molar-refractivity contribution in [1.29, 1.82) is 5.26 Å². The summed E-state index contributed by atoms with van der Waals surface area (Å²) in [5.41, 5.74) is 0.539. The van der Waals surface area contributed by atoms with Crippen molar-refractivity contribution in [1.82, 2.24) is 4.37 Å². The van der Waals surface area contributed by atoms with Gasteiger partial charge in [0, 0.05) is 4.88 Å². The summed E-state index contributed by atoms with van der Waals surface area (Å²) in [6.07, 6.45) is 0.972. The maximum Gasteiger partial charge on any atom is 0.154 e. The SMILES string of the molecule is CCc1cc(C#N)ns1. The molecular weight excluding hydrogens is 132 g/mol. The minimum Gasteiger partial charge on any atom is -0.191 e. The molecule has 1 heterocycles. The predicted octanol–water partition coefficient (Wildman–Crippen LogP) is 1.58. The Morgan fingerprint density at radius 3 is 3.00 bits per heavy atom. The molecule has 0 aliphatic rings. The van der Waals surface area contributed by atoms with Gasteiger partial charge in [0.05, 0.1) is 0 Å². The first-order valence-electron chi connectivity index (χ1n) is 2.72. The number of rotatable bonds is 1. The molecule has 0 atom stereocenters. The van der Waals surface area contributed by atoms with E-state index in [-0.39, 0.29) is 0 Å². The smallest absolute Gasteiger partial charge is 0.154 e. The van der Waals surface area contributed by atoms with Gasteiger partial charge < -0.3 is 0 Å². The van der Waals surface area contributed by atoms with E-state index < -0.39 is 0 Å². The van der Waals surface area contributed by atoms with Crippen molar-refractivity contribution in [3.8, 4) is 6.07 Å². The first-order valence-corrected chi connectivity index (χ1v) is 3.50. The molecule has 3 heteroatoms. The molecule has 0 saturated heterocycles. The van der Waals surface area contributed by atoms with E-state index in [9.17, 15) is 0 Å². The molecule has 0 aliphatic carbocycles. The van der Waals surface area contributed by atoms with Crippen molar-refractivity contribution in [3.63, 3.8) is 0 Å². The highest BCUT2D eigenvalue weighted by molar-refractivity contribution is 7.05. The number of hydrogen-bond donors (Lipinski definition) is 0. The molecule has 0 amide bonds. The van der Waals surface area contributed by atoms with E-state index in [1.807, 2.05) is 12.1 Å². The fourth-order valence-corrected chi connectivity index (χ4v) is 1.13. The largest absolute Gasteiger partial charge is 0.191 e. The van der Waals surface area contributed by atoms with Gasteiger partial charge in [-0.2, -0.15) is 9.64 Å². The predicted molar refractivity (Wildman–Crippen MR) is 36.2 cm³/mol. The Bertz CT molecular complexity index is 233. The van der Waals surface area contributed by atoms with Gasteiger partial charge in [-0.1, -0.05) is 6.92 Å². The second-order valence-electron chi connectivity index (χ2n) is 1.64. The van der Waals surface area contributed by atoms with Crippen LogP contribution in [0, 0.1) is 11.3 Å². The first-order chi connectivity index (χ1) is 4.36.